The molecule has 20 heavy (non-hydrogen) atoms. The monoisotopic (exact) mass is 292 g/mol. The van der Waals surface area contributed by atoms with E-state index in [1.807, 2.05) is 25.6 Å². The number of fused-ring (bicyclic) bond motifs is 1. The minimum Gasteiger partial charge on any atom is -0.353 e. The molecule has 0 fully saturated rings. The Morgan fingerprint density at radius 3 is 2.90 bits per heavy atom. The van der Waals surface area contributed by atoms with Crippen LogP contribution in [0.5, 0.6) is 0 Å². The lowest BCUT2D eigenvalue weighted by Crippen LogP contribution is -2.41. The van der Waals surface area contributed by atoms with E-state index in [0.717, 1.165) is 18.8 Å². The van der Waals surface area contributed by atoms with Crippen molar-refractivity contribution in [3.63, 3.8) is 0 Å². The van der Waals surface area contributed by atoms with Crippen LogP contribution in [-0.4, -0.2) is 42.2 Å². The SMILES string of the molecule is CCN(CC(=O)NC(C)C)CC1CSc2ccccc21. The van der Waals surface area contributed by atoms with E-state index in [1.165, 1.54) is 10.5 Å². The fourth-order valence-electron chi connectivity index (χ4n) is 2.57. The second-order valence-electron chi connectivity index (χ2n) is 5.60. The van der Waals surface area contributed by atoms with Crippen molar-refractivity contribution in [1.82, 2.24) is 10.2 Å². The quantitative estimate of drug-likeness (QED) is 0.875. The number of likely N-dealkylation sites (N-methyl/N-ethyl adjacent to an activating group) is 1. The Labute approximate surface area is 126 Å². The number of hydrogen-bond acceptors (Lipinski definition) is 3. The molecule has 1 aromatic rings. The first-order valence-corrected chi connectivity index (χ1v) is 8.32. The van der Waals surface area contributed by atoms with Crippen LogP contribution in [-0.2, 0) is 4.79 Å². The van der Waals surface area contributed by atoms with E-state index in [-0.39, 0.29) is 11.9 Å². The number of hydrogen-bond donors (Lipinski definition) is 1. The number of thioether (sulfide) groups is 1. The fourth-order valence-corrected chi connectivity index (χ4v) is 3.81. The van der Waals surface area contributed by atoms with Crippen molar-refractivity contribution < 1.29 is 4.79 Å². The van der Waals surface area contributed by atoms with Gasteiger partial charge in [-0.2, -0.15) is 0 Å². The molecule has 1 heterocycles. The fraction of sp³-hybridized carbons (Fsp3) is 0.562. The number of carbonyl (C=O) groups excluding carboxylic acids is 1. The number of amides is 1. The normalized spacial score (nSPS) is 17.6. The molecule has 0 aliphatic carbocycles. The van der Waals surface area contributed by atoms with Gasteiger partial charge < -0.3 is 5.32 Å². The Morgan fingerprint density at radius 2 is 2.20 bits per heavy atom. The highest BCUT2D eigenvalue weighted by molar-refractivity contribution is 7.99. The Hall–Kier alpha value is -1.00. The highest BCUT2D eigenvalue weighted by atomic mass is 32.2. The minimum absolute atomic E-state index is 0.126. The van der Waals surface area contributed by atoms with Crippen LogP contribution in [0.15, 0.2) is 29.2 Å². The van der Waals surface area contributed by atoms with E-state index in [1.54, 1.807) is 0 Å². The Morgan fingerprint density at radius 1 is 1.45 bits per heavy atom. The molecule has 1 aliphatic rings. The zero-order valence-electron chi connectivity index (χ0n) is 12.6. The highest BCUT2D eigenvalue weighted by Gasteiger charge is 2.25. The predicted molar refractivity (Wildman–Crippen MR) is 85.3 cm³/mol. The number of carbonyl (C=O) groups is 1. The number of nitrogens with zero attached hydrogens (tertiary/aromatic N) is 1. The van der Waals surface area contributed by atoms with Crippen LogP contribution in [0, 0.1) is 0 Å². The van der Waals surface area contributed by atoms with E-state index in [0.29, 0.717) is 12.5 Å². The van der Waals surface area contributed by atoms with Crippen LogP contribution in [0.25, 0.3) is 0 Å². The summed E-state index contributed by atoms with van der Waals surface area (Å²) in [7, 11) is 0. The zero-order valence-corrected chi connectivity index (χ0v) is 13.4. The molecule has 0 radical (unpaired) electrons. The summed E-state index contributed by atoms with van der Waals surface area (Å²) in [5, 5.41) is 2.97. The molecule has 110 valence electrons. The van der Waals surface area contributed by atoms with Gasteiger partial charge in [0, 0.05) is 29.2 Å². The minimum atomic E-state index is 0.126. The standard InChI is InChI=1S/C16H24N2OS/c1-4-18(10-16(19)17-12(2)3)9-13-11-20-15-8-6-5-7-14(13)15/h5-8,12-13H,4,9-11H2,1-3H3,(H,17,19). The Kier molecular flexibility index (Phi) is 5.49. The average molecular weight is 292 g/mol. The van der Waals surface area contributed by atoms with Crippen LogP contribution in [0.3, 0.4) is 0 Å². The van der Waals surface area contributed by atoms with Crippen LogP contribution in [0.4, 0.5) is 0 Å². The maximum atomic E-state index is 11.9. The van der Waals surface area contributed by atoms with Gasteiger partial charge in [0.25, 0.3) is 0 Å². The van der Waals surface area contributed by atoms with Gasteiger partial charge in [0.15, 0.2) is 0 Å². The Balaban J connectivity index is 1.93. The van der Waals surface area contributed by atoms with Gasteiger partial charge in [0.05, 0.1) is 6.54 Å². The second kappa shape index (κ2) is 7.14. The van der Waals surface area contributed by atoms with Crippen molar-refractivity contribution in [3.8, 4) is 0 Å². The van der Waals surface area contributed by atoms with E-state index in [9.17, 15) is 4.79 Å². The molecule has 4 heteroatoms. The van der Waals surface area contributed by atoms with Crippen molar-refractivity contribution in [2.45, 2.75) is 37.6 Å². The van der Waals surface area contributed by atoms with E-state index < -0.39 is 0 Å². The summed E-state index contributed by atoms with van der Waals surface area (Å²) in [6.45, 7) is 8.49. The molecule has 0 bridgehead atoms. The molecular formula is C16H24N2OS. The van der Waals surface area contributed by atoms with Crippen LogP contribution >= 0.6 is 11.8 Å². The van der Waals surface area contributed by atoms with Crippen molar-refractivity contribution in [3.05, 3.63) is 29.8 Å². The van der Waals surface area contributed by atoms with Gasteiger partial charge in [-0.25, -0.2) is 0 Å². The lowest BCUT2D eigenvalue weighted by molar-refractivity contribution is -0.122. The number of rotatable bonds is 6. The maximum Gasteiger partial charge on any atom is 0.234 e. The topological polar surface area (TPSA) is 32.3 Å². The summed E-state index contributed by atoms with van der Waals surface area (Å²) in [6, 6.07) is 8.84. The van der Waals surface area contributed by atoms with Gasteiger partial charge in [0.2, 0.25) is 5.91 Å². The maximum absolute atomic E-state index is 11.9. The molecule has 1 amide bonds. The molecule has 0 aromatic heterocycles. The molecule has 1 aromatic carbocycles. The van der Waals surface area contributed by atoms with Gasteiger partial charge in [0.1, 0.15) is 0 Å². The molecule has 1 atom stereocenters. The first-order valence-electron chi connectivity index (χ1n) is 7.33. The molecule has 0 spiro atoms. The molecule has 0 saturated heterocycles. The molecular weight excluding hydrogens is 268 g/mol. The molecule has 1 aliphatic heterocycles. The van der Waals surface area contributed by atoms with Gasteiger partial charge in [-0.05, 0) is 32.0 Å². The lowest BCUT2D eigenvalue weighted by Gasteiger charge is -2.24. The Bertz CT molecular complexity index is 462. The molecule has 2 rings (SSSR count). The van der Waals surface area contributed by atoms with Crippen LogP contribution in [0.1, 0.15) is 32.3 Å². The van der Waals surface area contributed by atoms with E-state index >= 15 is 0 Å². The number of nitrogens with one attached hydrogen (secondary N) is 1. The molecule has 3 nitrogen and oxygen atoms in total. The largest absolute Gasteiger partial charge is 0.353 e. The number of benzene rings is 1. The van der Waals surface area contributed by atoms with Crippen LogP contribution < -0.4 is 5.32 Å². The molecule has 1 N–H and O–H groups in total. The van der Waals surface area contributed by atoms with E-state index in [4.69, 9.17) is 0 Å². The smallest absolute Gasteiger partial charge is 0.234 e. The predicted octanol–water partition coefficient (Wildman–Crippen LogP) is 2.72. The van der Waals surface area contributed by atoms with Gasteiger partial charge >= 0.3 is 0 Å². The van der Waals surface area contributed by atoms with Crippen molar-refractivity contribution in [2.24, 2.45) is 0 Å². The highest BCUT2D eigenvalue weighted by Crippen LogP contribution is 2.39. The van der Waals surface area contributed by atoms with Crippen LogP contribution in [0.2, 0.25) is 0 Å². The third-order valence-corrected chi connectivity index (χ3v) is 4.79. The first-order chi connectivity index (χ1) is 9.60. The third kappa shape index (κ3) is 4.00. The lowest BCUT2D eigenvalue weighted by atomic mass is 10.0. The summed E-state index contributed by atoms with van der Waals surface area (Å²) < 4.78 is 0. The molecule has 0 saturated carbocycles. The summed E-state index contributed by atoms with van der Waals surface area (Å²) in [6.07, 6.45) is 0. The second-order valence-corrected chi connectivity index (χ2v) is 6.66. The third-order valence-electron chi connectivity index (χ3n) is 3.54. The van der Waals surface area contributed by atoms with Crippen molar-refractivity contribution in [1.29, 1.82) is 0 Å². The van der Waals surface area contributed by atoms with Crippen molar-refractivity contribution in [2.75, 3.05) is 25.4 Å². The summed E-state index contributed by atoms with van der Waals surface area (Å²) in [4.78, 5) is 15.5. The summed E-state index contributed by atoms with van der Waals surface area (Å²) >= 11 is 1.93. The summed E-state index contributed by atoms with van der Waals surface area (Å²) in [5.41, 5.74) is 1.44. The first kappa shape index (κ1) is 15.4. The zero-order chi connectivity index (χ0) is 14.5. The van der Waals surface area contributed by atoms with E-state index in [2.05, 4.69) is 41.4 Å². The van der Waals surface area contributed by atoms with Gasteiger partial charge in [-0.15, -0.1) is 11.8 Å². The summed E-state index contributed by atoms with van der Waals surface area (Å²) in [5.74, 6) is 1.80. The van der Waals surface area contributed by atoms with Crippen molar-refractivity contribution >= 4 is 17.7 Å². The molecule has 1 unspecified atom stereocenters. The average Bonchev–Trinajstić information content (AvgIpc) is 2.80. The van der Waals surface area contributed by atoms with Gasteiger partial charge in [-0.1, -0.05) is 25.1 Å². The van der Waals surface area contributed by atoms with Gasteiger partial charge in [-0.3, -0.25) is 9.69 Å².